The van der Waals surface area contributed by atoms with Gasteiger partial charge in [-0.15, -0.1) is 0 Å². The van der Waals surface area contributed by atoms with E-state index < -0.39 is 0 Å². The van der Waals surface area contributed by atoms with Gasteiger partial charge in [0.15, 0.2) is 0 Å². The molecular formula is C126H108N6. The summed E-state index contributed by atoms with van der Waals surface area (Å²) in [6.45, 7) is 33.5. The van der Waals surface area contributed by atoms with Gasteiger partial charge in [-0.1, -0.05) is 401 Å². The smallest absolute Gasteiger partial charge is 0.0998 e. The predicted molar refractivity (Wildman–Crippen MR) is 553 cm³/mol. The lowest BCUT2D eigenvalue weighted by atomic mass is 9.83. The molecule has 0 N–H and O–H groups in total. The Labute approximate surface area is 780 Å². The molecule has 0 saturated heterocycles. The molecule has 6 nitrogen and oxygen atoms in total. The predicted octanol–water partition coefficient (Wildman–Crippen LogP) is 33.8. The zero-order chi connectivity index (χ0) is 93.7. The fraction of sp³-hybridized carbons (Fsp3) is 0.159. The van der Waals surface area contributed by atoms with Crippen LogP contribution in [-0.2, 0) is 27.1 Å². The molecule has 132 heavy (non-hydrogen) atoms. The summed E-state index contributed by atoms with van der Waals surface area (Å²) in [6.07, 6.45) is 0. The molecule has 0 aliphatic heterocycles. The second-order valence-electron chi connectivity index (χ2n) is 38.8. The van der Waals surface area contributed by atoms with Crippen LogP contribution in [0.25, 0.3) is 143 Å². The van der Waals surface area contributed by atoms with Crippen molar-refractivity contribution in [2.75, 3.05) is 0 Å². The molecule has 18 rings (SSSR count). The summed E-state index contributed by atoms with van der Waals surface area (Å²) in [6, 6.07) is 145. The van der Waals surface area contributed by atoms with Crippen molar-refractivity contribution in [3.63, 3.8) is 0 Å². The molecule has 0 heterocycles. The van der Waals surface area contributed by atoms with Crippen LogP contribution in [0.4, 0.5) is 0 Å². The van der Waals surface area contributed by atoms with Gasteiger partial charge < -0.3 is 0 Å². The third-order valence-electron chi connectivity index (χ3n) is 24.5. The van der Waals surface area contributed by atoms with E-state index in [1.165, 1.54) is 105 Å². The zero-order valence-electron chi connectivity index (χ0n) is 78.1. The Kier molecular flexibility index (Phi) is 27.7. The summed E-state index contributed by atoms with van der Waals surface area (Å²) in [4.78, 5) is 0. The summed E-state index contributed by atoms with van der Waals surface area (Å²) >= 11 is 0. The first kappa shape index (κ1) is 92.1. The Balaban J connectivity index is 0.000000133. The Hall–Kier alpha value is -16.1. The minimum Gasteiger partial charge on any atom is -0.192 e. The molecule has 0 spiro atoms. The van der Waals surface area contributed by atoms with Crippen LogP contribution in [0.1, 0.15) is 165 Å². The van der Waals surface area contributed by atoms with E-state index in [1.807, 2.05) is 152 Å². The molecule has 0 unspecified atom stereocenters. The molecule has 0 saturated carbocycles. The Morgan fingerprint density at radius 3 is 0.735 bits per heavy atom. The second kappa shape index (κ2) is 39.7. The SMILES string of the molecule is CC(C)(C)c1cc(-c2ccc(C#N)cc2)cc(-c2ccc(C#N)cc2)c1.CC(C)(C)c1ccc(-c2ccc(-c3ccc(C#N)c4ccccc34)cc2)cc1.CC(C)(C)c1ccc(-c2ccc(-c3ccc(C#N)cc3)c3ccccc23)cc1.CC(C)(C)c1ccc(-c2cccc(-c3ccc(C#N)cc3)c2)cc1.CC(C)(C)c1ccc2c(ccc3cc(-c4ccc(C#N)cc4)ccc32)c1. The monoisotopic (exact) mass is 1700 g/mol. The number of hydrogen-bond acceptors (Lipinski definition) is 6. The van der Waals surface area contributed by atoms with E-state index >= 15 is 0 Å². The van der Waals surface area contributed by atoms with E-state index in [9.17, 15) is 5.26 Å². The van der Waals surface area contributed by atoms with E-state index in [1.54, 1.807) is 0 Å². The molecule has 6 heteroatoms. The quantitative estimate of drug-likeness (QED) is 0.132. The highest BCUT2D eigenvalue weighted by Crippen LogP contribution is 2.41. The average Bonchev–Trinajstić information content (AvgIpc) is 0.789. The van der Waals surface area contributed by atoms with Crippen molar-refractivity contribution < 1.29 is 0 Å². The van der Waals surface area contributed by atoms with Crippen molar-refractivity contribution >= 4 is 43.1 Å². The Morgan fingerprint density at radius 2 is 0.394 bits per heavy atom. The van der Waals surface area contributed by atoms with Gasteiger partial charge in [0.2, 0.25) is 0 Å². The van der Waals surface area contributed by atoms with Gasteiger partial charge in [-0.2, -0.15) is 31.6 Å². The van der Waals surface area contributed by atoms with Crippen molar-refractivity contribution in [3.8, 4) is 137 Å². The van der Waals surface area contributed by atoms with Gasteiger partial charge in [0.05, 0.1) is 69.8 Å². The molecule has 0 amide bonds. The van der Waals surface area contributed by atoms with Crippen molar-refractivity contribution in [2.45, 2.75) is 131 Å². The van der Waals surface area contributed by atoms with Crippen LogP contribution in [0.3, 0.4) is 0 Å². The zero-order valence-corrected chi connectivity index (χ0v) is 78.1. The molecule has 0 aliphatic carbocycles. The highest BCUT2D eigenvalue weighted by atomic mass is 14.3. The first-order valence-electron chi connectivity index (χ1n) is 44.9. The molecule has 0 aliphatic rings. The molecule has 18 aromatic rings. The Morgan fingerprint density at radius 1 is 0.152 bits per heavy atom. The van der Waals surface area contributed by atoms with Crippen molar-refractivity contribution in [1.29, 1.82) is 31.6 Å². The van der Waals surface area contributed by atoms with Gasteiger partial charge in [-0.3, -0.25) is 0 Å². The first-order valence-corrected chi connectivity index (χ1v) is 44.9. The molecule has 18 aromatic carbocycles. The maximum absolute atomic E-state index is 9.38. The van der Waals surface area contributed by atoms with Crippen molar-refractivity contribution in [3.05, 3.63) is 443 Å². The molecule has 0 aromatic heterocycles. The summed E-state index contributed by atoms with van der Waals surface area (Å²) in [5.41, 5.74) is 32.4. The number of nitriles is 6. The largest absolute Gasteiger partial charge is 0.192 e. The van der Waals surface area contributed by atoms with E-state index in [0.29, 0.717) is 27.8 Å². The molecule has 0 fully saturated rings. The van der Waals surface area contributed by atoms with Crippen LogP contribution in [0, 0.1) is 68.0 Å². The molecule has 642 valence electrons. The lowest BCUT2D eigenvalue weighted by molar-refractivity contribution is 0.590. The van der Waals surface area contributed by atoms with Gasteiger partial charge in [0, 0.05) is 5.39 Å². The highest BCUT2D eigenvalue weighted by Gasteiger charge is 2.22. The van der Waals surface area contributed by atoms with Crippen LogP contribution < -0.4 is 0 Å². The third-order valence-corrected chi connectivity index (χ3v) is 24.5. The van der Waals surface area contributed by atoms with E-state index in [0.717, 1.165) is 72.0 Å². The number of fused-ring (bicyclic) bond motifs is 5. The summed E-state index contributed by atoms with van der Waals surface area (Å²) in [7, 11) is 0. The van der Waals surface area contributed by atoms with Crippen LogP contribution in [0.5, 0.6) is 0 Å². The standard InChI is InChI=1S/2C27H23N.C25H21N.C24H20N2.C23H21N/c1-27(2,3)23-15-12-20(13-16-23)19-8-10-21(11-9-19)25-17-14-22(18-28)24-6-4-5-7-26(24)25;1-27(2,3)22-14-12-21(13-15-22)24-17-16-23(25-6-4-5-7-26(24)25)20-10-8-19(18-28)9-11-20;1-25(2,3)22-11-13-24-21(15-22)9-8-20-14-19(10-12-23(20)24)18-6-4-17(16-26)5-7-18;1-24(2,3)23-13-21(19-8-4-17(15-25)5-9-19)12-22(14-23)20-10-6-18(16-26)7-11-20;1-23(2,3)22-13-11-19(12-14-22)21-6-4-5-20(15-21)18-9-7-17(16-24)8-10-18/h2*4-17H,1-3H3;4-15H,1-3H3;4-14H,1-3H3;4-15H,1-3H3. The van der Waals surface area contributed by atoms with Crippen LogP contribution in [0.2, 0.25) is 0 Å². The minimum atomic E-state index is 0.0178. The number of benzene rings is 18. The highest BCUT2D eigenvalue weighted by molar-refractivity contribution is 6.09. The van der Waals surface area contributed by atoms with Gasteiger partial charge in [-0.25, -0.2) is 0 Å². The lowest BCUT2D eigenvalue weighted by Gasteiger charge is -2.22. The van der Waals surface area contributed by atoms with Crippen LogP contribution in [0.15, 0.2) is 382 Å². The topological polar surface area (TPSA) is 143 Å². The lowest BCUT2D eigenvalue weighted by Crippen LogP contribution is -2.11. The number of hydrogen-bond donors (Lipinski definition) is 0. The number of nitrogens with zero attached hydrogens (tertiary/aromatic N) is 6. The molecule has 0 radical (unpaired) electrons. The van der Waals surface area contributed by atoms with Crippen molar-refractivity contribution in [1.82, 2.24) is 0 Å². The Bertz CT molecular complexity index is 7390. The summed E-state index contributed by atoms with van der Waals surface area (Å²) in [5.74, 6) is 0. The van der Waals surface area contributed by atoms with Gasteiger partial charge in [0.1, 0.15) is 0 Å². The van der Waals surface area contributed by atoms with E-state index in [2.05, 4.69) is 371 Å². The van der Waals surface area contributed by atoms with E-state index in [4.69, 9.17) is 26.3 Å². The average molecular weight is 1710 g/mol. The maximum Gasteiger partial charge on any atom is 0.0998 e. The summed E-state index contributed by atoms with van der Waals surface area (Å²) in [5, 5.41) is 64.0. The van der Waals surface area contributed by atoms with Gasteiger partial charge in [0.25, 0.3) is 0 Å². The van der Waals surface area contributed by atoms with E-state index in [-0.39, 0.29) is 27.1 Å². The third kappa shape index (κ3) is 22.0. The number of rotatable bonds is 9. The fourth-order valence-corrected chi connectivity index (χ4v) is 16.4. The second-order valence-corrected chi connectivity index (χ2v) is 38.8. The first-order chi connectivity index (χ1) is 63.3. The maximum atomic E-state index is 9.38. The fourth-order valence-electron chi connectivity index (χ4n) is 16.4. The van der Waals surface area contributed by atoms with Gasteiger partial charge >= 0.3 is 0 Å². The molecule has 0 bridgehead atoms. The summed E-state index contributed by atoms with van der Waals surface area (Å²) < 4.78 is 0. The van der Waals surface area contributed by atoms with Crippen molar-refractivity contribution in [2.24, 2.45) is 0 Å². The van der Waals surface area contributed by atoms with Gasteiger partial charge in [-0.05, 0) is 278 Å². The normalized spacial score (nSPS) is 11.2. The molecule has 0 atom stereocenters. The minimum absolute atomic E-state index is 0.0178. The van der Waals surface area contributed by atoms with Crippen LogP contribution in [-0.4, -0.2) is 0 Å². The van der Waals surface area contributed by atoms with Crippen LogP contribution >= 0.6 is 0 Å². The molecular weight excluding hydrogens is 1600 g/mol.